The zero-order valence-corrected chi connectivity index (χ0v) is 16.5. The van der Waals surface area contributed by atoms with Crippen molar-refractivity contribution in [3.05, 3.63) is 57.4 Å². The number of hydrogen-bond acceptors (Lipinski definition) is 3. The highest BCUT2D eigenvalue weighted by Crippen LogP contribution is 2.25. The summed E-state index contributed by atoms with van der Waals surface area (Å²) in [5.41, 5.74) is 6.78. The Bertz CT molecular complexity index is 778. The molecule has 5 nitrogen and oxygen atoms in total. The van der Waals surface area contributed by atoms with E-state index in [1.165, 1.54) is 16.7 Å². The third kappa shape index (κ3) is 4.54. The molecule has 1 heterocycles. The van der Waals surface area contributed by atoms with E-state index < -0.39 is 5.97 Å². The van der Waals surface area contributed by atoms with Crippen molar-refractivity contribution >= 4 is 5.97 Å². The minimum absolute atomic E-state index is 0.423. The fraction of sp³-hybridized carbons (Fsp3) is 0.476. The Morgan fingerprint density at radius 2 is 1.92 bits per heavy atom. The first kappa shape index (κ1) is 20.2. The van der Waals surface area contributed by atoms with E-state index in [1.54, 1.807) is 7.11 Å². The van der Waals surface area contributed by atoms with Crippen LogP contribution < -0.4 is 5.32 Å². The maximum absolute atomic E-state index is 11.9. The molecule has 2 N–H and O–H groups in total. The molecule has 5 heteroatoms. The molecule has 0 aliphatic heterocycles. The van der Waals surface area contributed by atoms with Crippen LogP contribution in [-0.2, 0) is 17.8 Å². The normalized spacial score (nSPS) is 11.1. The molecule has 1 aromatic heterocycles. The van der Waals surface area contributed by atoms with Gasteiger partial charge in [-0.25, -0.2) is 4.79 Å². The zero-order chi connectivity index (χ0) is 19.3. The van der Waals surface area contributed by atoms with Gasteiger partial charge in [-0.1, -0.05) is 23.8 Å². The molecular formula is C21H30N2O3. The van der Waals surface area contributed by atoms with Gasteiger partial charge in [-0.2, -0.15) is 0 Å². The van der Waals surface area contributed by atoms with Gasteiger partial charge in [0.2, 0.25) is 0 Å². The number of hydrogen-bond donors (Lipinski definition) is 2. The van der Waals surface area contributed by atoms with E-state index in [-0.39, 0.29) is 0 Å². The topological polar surface area (TPSA) is 63.5 Å². The molecule has 0 saturated heterocycles. The van der Waals surface area contributed by atoms with Gasteiger partial charge in [-0.15, -0.1) is 0 Å². The molecule has 0 saturated carbocycles. The number of ether oxygens (including phenoxy) is 1. The quantitative estimate of drug-likeness (QED) is 0.673. The number of methoxy groups -OCH3 is 1. The Balaban J connectivity index is 2.31. The van der Waals surface area contributed by atoms with Crippen LogP contribution in [0.4, 0.5) is 0 Å². The summed E-state index contributed by atoms with van der Waals surface area (Å²) in [7, 11) is 1.68. The standard InChI is InChI=1S/C21H30N2O3/c1-14-7-8-15(2)18(11-14)13-23-16(3)19(12-22-9-6-10-26-5)20(17(23)4)21(24)25/h7-8,11,22H,6,9-10,12-13H2,1-5H3,(H,24,25). The molecule has 2 aromatic rings. The Hall–Kier alpha value is -2.11. The lowest BCUT2D eigenvalue weighted by molar-refractivity contribution is 0.0694. The van der Waals surface area contributed by atoms with Gasteiger partial charge in [-0.05, 0) is 51.8 Å². The third-order valence-corrected chi connectivity index (χ3v) is 4.96. The van der Waals surface area contributed by atoms with Crippen LogP contribution in [0.2, 0.25) is 0 Å². The lowest BCUT2D eigenvalue weighted by Crippen LogP contribution is -2.18. The molecule has 26 heavy (non-hydrogen) atoms. The number of carboxylic acids is 1. The van der Waals surface area contributed by atoms with Crippen molar-refractivity contribution in [2.45, 2.75) is 47.2 Å². The van der Waals surface area contributed by atoms with Crippen molar-refractivity contribution in [1.82, 2.24) is 9.88 Å². The monoisotopic (exact) mass is 358 g/mol. The number of nitrogens with zero attached hydrogens (tertiary/aromatic N) is 1. The number of nitrogens with one attached hydrogen (secondary N) is 1. The Kier molecular flexibility index (Phi) is 7.00. The van der Waals surface area contributed by atoms with Gasteiger partial charge < -0.3 is 19.7 Å². The number of rotatable bonds is 9. The first-order valence-electron chi connectivity index (χ1n) is 9.04. The second-order valence-corrected chi connectivity index (χ2v) is 6.87. The van der Waals surface area contributed by atoms with Crippen LogP contribution in [0, 0.1) is 27.7 Å². The van der Waals surface area contributed by atoms with E-state index in [0.717, 1.165) is 29.9 Å². The molecule has 0 amide bonds. The van der Waals surface area contributed by atoms with Crippen LogP contribution in [0.5, 0.6) is 0 Å². The molecule has 0 unspecified atom stereocenters. The van der Waals surface area contributed by atoms with Gasteiger partial charge >= 0.3 is 5.97 Å². The summed E-state index contributed by atoms with van der Waals surface area (Å²) in [6.07, 6.45) is 0.903. The zero-order valence-electron chi connectivity index (χ0n) is 16.5. The Morgan fingerprint density at radius 3 is 2.58 bits per heavy atom. The number of carboxylic acid groups (broad SMARTS) is 1. The van der Waals surface area contributed by atoms with Gasteiger partial charge in [0.25, 0.3) is 0 Å². The van der Waals surface area contributed by atoms with Crippen molar-refractivity contribution in [2.75, 3.05) is 20.3 Å². The molecule has 0 aliphatic rings. The van der Waals surface area contributed by atoms with E-state index in [0.29, 0.717) is 25.3 Å². The third-order valence-electron chi connectivity index (χ3n) is 4.96. The Labute approximate surface area is 156 Å². The van der Waals surface area contributed by atoms with Gasteiger partial charge in [0.1, 0.15) is 0 Å². The van der Waals surface area contributed by atoms with Crippen molar-refractivity contribution < 1.29 is 14.6 Å². The van der Waals surface area contributed by atoms with Crippen molar-refractivity contribution in [2.24, 2.45) is 0 Å². The second-order valence-electron chi connectivity index (χ2n) is 6.87. The van der Waals surface area contributed by atoms with Gasteiger partial charge in [0.05, 0.1) is 5.56 Å². The minimum atomic E-state index is -0.862. The number of aromatic carboxylic acids is 1. The van der Waals surface area contributed by atoms with Crippen LogP contribution in [0.25, 0.3) is 0 Å². The SMILES string of the molecule is COCCCNCc1c(C(=O)O)c(C)n(Cc2cc(C)ccc2C)c1C. The Morgan fingerprint density at radius 1 is 1.19 bits per heavy atom. The lowest BCUT2D eigenvalue weighted by Gasteiger charge is -2.13. The summed E-state index contributed by atoms with van der Waals surface area (Å²) in [5, 5.41) is 13.1. The molecule has 1 aromatic carbocycles. The largest absolute Gasteiger partial charge is 0.478 e. The summed E-state index contributed by atoms with van der Waals surface area (Å²) in [5.74, 6) is -0.862. The number of aromatic nitrogens is 1. The predicted octanol–water partition coefficient (Wildman–Crippen LogP) is 3.59. The highest BCUT2D eigenvalue weighted by Gasteiger charge is 2.22. The molecule has 0 atom stereocenters. The highest BCUT2D eigenvalue weighted by atomic mass is 16.5. The van der Waals surface area contributed by atoms with Crippen LogP contribution in [0.3, 0.4) is 0 Å². The van der Waals surface area contributed by atoms with Gasteiger partial charge in [-0.3, -0.25) is 0 Å². The van der Waals surface area contributed by atoms with E-state index in [9.17, 15) is 9.90 Å². The molecule has 0 fully saturated rings. The first-order chi connectivity index (χ1) is 12.4. The van der Waals surface area contributed by atoms with Crippen LogP contribution >= 0.6 is 0 Å². The molecule has 0 aliphatic carbocycles. The van der Waals surface area contributed by atoms with E-state index in [2.05, 4.69) is 41.9 Å². The van der Waals surface area contributed by atoms with Gasteiger partial charge in [0, 0.05) is 43.8 Å². The molecule has 142 valence electrons. The second kappa shape index (κ2) is 9.01. The maximum atomic E-state index is 11.9. The predicted molar refractivity (Wildman–Crippen MR) is 104 cm³/mol. The summed E-state index contributed by atoms with van der Waals surface area (Å²) >= 11 is 0. The number of benzene rings is 1. The summed E-state index contributed by atoms with van der Waals surface area (Å²) in [4.78, 5) is 11.9. The minimum Gasteiger partial charge on any atom is -0.478 e. The summed E-state index contributed by atoms with van der Waals surface area (Å²) in [6, 6.07) is 6.40. The fourth-order valence-corrected chi connectivity index (χ4v) is 3.38. The summed E-state index contributed by atoms with van der Waals surface area (Å²) < 4.78 is 7.17. The number of carbonyl (C=O) groups is 1. The smallest absolute Gasteiger partial charge is 0.337 e. The first-order valence-corrected chi connectivity index (χ1v) is 9.04. The molecule has 0 bridgehead atoms. The maximum Gasteiger partial charge on any atom is 0.337 e. The average molecular weight is 358 g/mol. The van der Waals surface area contributed by atoms with E-state index >= 15 is 0 Å². The lowest BCUT2D eigenvalue weighted by atomic mass is 10.1. The van der Waals surface area contributed by atoms with Crippen molar-refractivity contribution in [3.8, 4) is 0 Å². The van der Waals surface area contributed by atoms with Crippen LogP contribution in [0.15, 0.2) is 18.2 Å². The van der Waals surface area contributed by atoms with Crippen molar-refractivity contribution in [3.63, 3.8) is 0 Å². The molecular weight excluding hydrogens is 328 g/mol. The molecule has 0 radical (unpaired) electrons. The highest BCUT2D eigenvalue weighted by molar-refractivity contribution is 5.91. The van der Waals surface area contributed by atoms with E-state index in [1.807, 2.05) is 13.8 Å². The fourth-order valence-electron chi connectivity index (χ4n) is 3.38. The number of aryl methyl sites for hydroxylation is 2. The van der Waals surface area contributed by atoms with Crippen LogP contribution in [-0.4, -0.2) is 35.9 Å². The molecule has 2 rings (SSSR count). The summed E-state index contributed by atoms with van der Waals surface area (Å²) in [6.45, 7) is 10.8. The van der Waals surface area contributed by atoms with Crippen molar-refractivity contribution in [1.29, 1.82) is 0 Å². The van der Waals surface area contributed by atoms with Crippen LogP contribution in [0.1, 0.15) is 50.4 Å². The van der Waals surface area contributed by atoms with E-state index in [4.69, 9.17) is 4.74 Å². The average Bonchev–Trinajstić information content (AvgIpc) is 2.82. The molecule has 0 spiro atoms. The van der Waals surface area contributed by atoms with Gasteiger partial charge in [0.15, 0.2) is 0 Å².